The van der Waals surface area contributed by atoms with Crippen molar-refractivity contribution in [3.63, 3.8) is 0 Å². The fourth-order valence-corrected chi connectivity index (χ4v) is 2.79. The maximum Gasteiger partial charge on any atom is 0.410 e. The molecule has 134 valence electrons. The molecule has 0 aliphatic carbocycles. The molecular weight excluding hydrogens is 310 g/mol. The van der Waals surface area contributed by atoms with E-state index in [2.05, 4.69) is 10.5 Å². The lowest BCUT2D eigenvalue weighted by atomic mass is 10.0. The van der Waals surface area contributed by atoms with Crippen molar-refractivity contribution >= 4 is 12.0 Å². The lowest BCUT2D eigenvalue weighted by Crippen LogP contribution is -2.53. The first-order valence-electron chi connectivity index (χ1n) is 8.38. The third-order valence-corrected chi connectivity index (χ3v) is 4.05. The molecule has 0 aromatic carbocycles. The fourth-order valence-electron chi connectivity index (χ4n) is 2.79. The first-order valence-corrected chi connectivity index (χ1v) is 8.38. The molecule has 7 nitrogen and oxygen atoms in total. The summed E-state index contributed by atoms with van der Waals surface area (Å²) < 4.78 is 10.5. The molecule has 0 radical (unpaired) electrons. The van der Waals surface area contributed by atoms with Crippen molar-refractivity contribution in [3.8, 4) is 0 Å². The minimum absolute atomic E-state index is 0.166. The van der Waals surface area contributed by atoms with E-state index in [4.69, 9.17) is 9.26 Å². The molecule has 0 unspecified atom stereocenters. The Morgan fingerprint density at radius 2 is 2.04 bits per heavy atom. The van der Waals surface area contributed by atoms with Gasteiger partial charge in [-0.25, -0.2) is 4.79 Å². The van der Waals surface area contributed by atoms with Gasteiger partial charge >= 0.3 is 6.09 Å². The van der Waals surface area contributed by atoms with E-state index in [0.29, 0.717) is 25.3 Å². The standard InChI is InChI=1S/C17H27N3O4/c1-11-13(12(2)24-19-11)10-18-15(21)14-8-6-7-9-20(14)16(22)23-17(3,4)5/h14H,6-10H2,1-5H3,(H,18,21)/t14-/m0/s1. The Balaban J connectivity index is 2.01. The topological polar surface area (TPSA) is 84.7 Å². The van der Waals surface area contributed by atoms with Gasteiger partial charge in [-0.2, -0.15) is 0 Å². The van der Waals surface area contributed by atoms with Crippen molar-refractivity contribution in [2.75, 3.05) is 6.54 Å². The maximum absolute atomic E-state index is 12.6. The highest BCUT2D eigenvalue weighted by molar-refractivity contribution is 5.85. The van der Waals surface area contributed by atoms with Crippen LogP contribution in [0.3, 0.4) is 0 Å². The zero-order chi connectivity index (χ0) is 17.9. The normalized spacial score (nSPS) is 18.4. The molecule has 2 rings (SSSR count). The monoisotopic (exact) mass is 337 g/mol. The highest BCUT2D eigenvalue weighted by Gasteiger charge is 2.34. The molecule has 1 aliphatic heterocycles. The van der Waals surface area contributed by atoms with Gasteiger partial charge in [0.1, 0.15) is 17.4 Å². The van der Waals surface area contributed by atoms with Gasteiger partial charge in [0.15, 0.2) is 0 Å². The number of carbonyl (C=O) groups excluding carboxylic acids is 2. The van der Waals surface area contributed by atoms with E-state index in [0.717, 1.165) is 24.1 Å². The third-order valence-electron chi connectivity index (χ3n) is 4.05. The van der Waals surface area contributed by atoms with Crippen molar-refractivity contribution < 1.29 is 18.8 Å². The Hall–Kier alpha value is -2.05. The second-order valence-corrected chi connectivity index (χ2v) is 7.21. The van der Waals surface area contributed by atoms with E-state index in [1.165, 1.54) is 4.90 Å². The number of aryl methyl sites for hydroxylation is 2. The summed E-state index contributed by atoms with van der Waals surface area (Å²) in [7, 11) is 0. The minimum atomic E-state index is -0.577. The predicted octanol–water partition coefficient (Wildman–Crippen LogP) is 2.70. The lowest BCUT2D eigenvalue weighted by Gasteiger charge is -2.35. The summed E-state index contributed by atoms with van der Waals surface area (Å²) in [6.07, 6.45) is 2.02. The van der Waals surface area contributed by atoms with Crippen LogP contribution in [0.5, 0.6) is 0 Å². The third kappa shape index (κ3) is 4.49. The number of likely N-dealkylation sites (tertiary alicyclic amines) is 1. The molecule has 0 bridgehead atoms. The molecule has 1 aliphatic rings. The number of hydrogen-bond acceptors (Lipinski definition) is 5. The molecule has 2 amide bonds. The Morgan fingerprint density at radius 3 is 2.62 bits per heavy atom. The van der Waals surface area contributed by atoms with Gasteiger partial charge in [-0.1, -0.05) is 5.16 Å². The van der Waals surface area contributed by atoms with E-state index in [9.17, 15) is 9.59 Å². The molecule has 1 saturated heterocycles. The molecule has 1 aromatic rings. The highest BCUT2D eigenvalue weighted by Crippen LogP contribution is 2.21. The maximum atomic E-state index is 12.6. The number of ether oxygens (including phenoxy) is 1. The number of hydrogen-bond donors (Lipinski definition) is 1. The van der Waals surface area contributed by atoms with Crippen LogP contribution >= 0.6 is 0 Å². The molecule has 1 fully saturated rings. The van der Waals surface area contributed by atoms with Gasteiger partial charge in [-0.15, -0.1) is 0 Å². The smallest absolute Gasteiger partial charge is 0.410 e. The quantitative estimate of drug-likeness (QED) is 0.916. The van der Waals surface area contributed by atoms with Crippen molar-refractivity contribution in [2.45, 2.75) is 72.1 Å². The molecule has 1 N–H and O–H groups in total. The Bertz CT molecular complexity index is 584. The number of aromatic nitrogens is 1. The summed E-state index contributed by atoms with van der Waals surface area (Å²) in [5, 5.41) is 6.78. The zero-order valence-corrected chi connectivity index (χ0v) is 15.1. The van der Waals surface area contributed by atoms with E-state index < -0.39 is 17.7 Å². The van der Waals surface area contributed by atoms with Crippen LogP contribution in [0.2, 0.25) is 0 Å². The van der Waals surface area contributed by atoms with Crippen LogP contribution < -0.4 is 5.32 Å². The van der Waals surface area contributed by atoms with E-state index in [1.807, 2.05) is 34.6 Å². The molecule has 7 heteroatoms. The average Bonchev–Trinajstić information content (AvgIpc) is 2.82. The zero-order valence-electron chi connectivity index (χ0n) is 15.1. The van der Waals surface area contributed by atoms with Gasteiger partial charge in [0.05, 0.1) is 5.69 Å². The van der Waals surface area contributed by atoms with Crippen LogP contribution in [0.4, 0.5) is 4.79 Å². The summed E-state index contributed by atoms with van der Waals surface area (Å²) in [6, 6.07) is -0.492. The second-order valence-electron chi connectivity index (χ2n) is 7.21. The number of rotatable bonds is 3. The van der Waals surface area contributed by atoms with Crippen molar-refractivity contribution in [2.24, 2.45) is 0 Å². The van der Waals surface area contributed by atoms with Gasteiger partial charge in [-0.3, -0.25) is 9.69 Å². The average molecular weight is 337 g/mol. The van der Waals surface area contributed by atoms with Crippen molar-refractivity contribution in [3.05, 3.63) is 17.0 Å². The largest absolute Gasteiger partial charge is 0.444 e. The molecule has 2 heterocycles. The molecule has 24 heavy (non-hydrogen) atoms. The summed E-state index contributed by atoms with van der Waals surface area (Å²) in [5.41, 5.74) is 1.06. The SMILES string of the molecule is Cc1noc(C)c1CNC(=O)[C@@H]1CCCCN1C(=O)OC(C)(C)C. The first-order chi connectivity index (χ1) is 11.2. The molecule has 0 saturated carbocycles. The number of amides is 2. The van der Waals surface area contributed by atoms with Crippen LogP contribution in [0.1, 0.15) is 57.1 Å². The van der Waals surface area contributed by atoms with Gasteiger partial charge in [0.2, 0.25) is 5.91 Å². The molecule has 0 spiro atoms. The van der Waals surface area contributed by atoms with Gasteiger partial charge in [-0.05, 0) is 53.9 Å². The second kappa shape index (κ2) is 7.23. The van der Waals surface area contributed by atoms with Crippen LogP contribution in [0.25, 0.3) is 0 Å². The summed E-state index contributed by atoms with van der Waals surface area (Å²) in [6.45, 7) is 10.0. The van der Waals surface area contributed by atoms with Crippen LogP contribution in [0.15, 0.2) is 4.52 Å². The Morgan fingerprint density at radius 1 is 1.33 bits per heavy atom. The van der Waals surface area contributed by atoms with Gasteiger partial charge in [0, 0.05) is 18.7 Å². The van der Waals surface area contributed by atoms with E-state index >= 15 is 0 Å². The van der Waals surface area contributed by atoms with E-state index in [-0.39, 0.29) is 5.91 Å². The van der Waals surface area contributed by atoms with Crippen LogP contribution in [-0.2, 0) is 16.1 Å². The Labute approximate surface area is 142 Å². The first kappa shape index (κ1) is 18.3. The summed E-state index contributed by atoms with van der Waals surface area (Å²) in [4.78, 5) is 26.5. The van der Waals surface area contributed by atoms with Crippen molar-refractivity contribution in [1.82, 2.24) is 15.4 Å². The predicted molar refractivity (Wildman–Crippen MR) is 88.4 cm³/mol. The van der Waals surface area contributed by atoms with Gasteiger partial charge in [0.25, 0.3) is 0 Å². The number of piperidine rings is 1. The summed E-state index contributed by atoms with van der Waals surface area (Å²) in [5.74, 6) is 0.529. The highest BCUT2D eigenvalue weighted by atomic mass is 16.6. The van der Waals surface area contributed by atoms with Crippen molar-refractivity contribution in [1.29, 1.82) is 0 Å². The number of carbonyl (C=O) groups is 2. The van der Waals surface area contributed by atoms with Crippen LogP contribution in [-0.4, -0.2) is 40.2 Å². The molecule has 1 aromatic heterocycles. The van der Waals surface area contributed by atoms with E-state index in [1.54, 1.807) is 0 Å². The van der Waals surface area contributed by atoms with Crippen LogP contribution in [0, 0.1) is 13.8 Å². The molecule has 1 atom stereocenters. The van der Waals surface area contributed by atoms with Gasteiger partial charge < -0.3 is 14.6 Å². The summed E-state index contributed by atoms with van der Waals surface area (Å²) >= 11 is 0. The molecular formula is C17H27N3O4. The number of nitrogens with zero attached hydrogens (tertiary/aromatic N) is 2. The number of nitrogens with one attached hydrogen (secondary N) is 1. The lowest BCUT2D eigenvalue weighted by molar-refractivity contribution is -0.127. The Kier molecular flexibility index (Phi) is 5.51. The fraction of sp³-hybridized carbons (Fsp3) is 0.706. The minimum Gasteiger partial charge on any atom is -0.444 e.